The number of rotatable bonds is 10. The van der Waals surface area contributed by atoms with Crippen LogP contribution in [0.2, 0.25) is 0 Å². The minimum atomic E-state index is -3.06. The van der Waals surface area contributed by atoms with Crippen molar-refractivity contribution in [1.29, 1.82) is 0 Å². The van der Waals surface area contributed by atoms with E-state index in [2.05, 4.69) is 5.32 Å². The van der Waals surface area contributed by atoms with Crippen LogP contribution in [0.1, 0.15) is 44.9 Å². The van der Waals surface area contributed by atoms with Crippen molar-refractivity contribution in [3.8, 4) is 0 Å². The van der Waals surface area contributed by atoms with Gasteiger partial charge in [0.1, 0.15) is 9.84 Å². The summed E-state index contributed by atoms with van der Waals surface area (Å²) >= 11 is 0. The van der Waals surface area contributed by atoms with Crippen LogP contribution in [0.15, 0.2) is 0 Å². The molecule has 0 saturated heterocycles. The van der Waals surface area contributed by atoms with Crippen LogP contribution in [-0.4, -0.2) is 67.5 Å². The molecule has 0 atom stereocenters. The summed E-state index contributed by atoms with van der Waals surface area (Å²) in [5.41, 5.74) is -0.345. The smallest absolute Gasteiger partial charge is 0.317 e. The highest BCUT2D eigenvalue weighted by atomic mass is 32.2. The van der Waals surface area contributed by atoms with Crippen LogP contribution in [0.25, 0.3) is 0 Å². The zero-order valence-corrected chi connectivity index (χ0v) is 15.6. The Morgan fingerprint density at radius 3 is 2.36 bits per heavy atom. The molecule has 8 heteroatoms. The molecule has 142 valence electrons. The van der Waals surface area contributed by atoms with Crippen molar-refractivity contribution in [2.75, 3.05) is 25.1 Å². The summed E-state index contributed by atoms with van der Waals surface area (Å²) in [6.07, 6.45) is 7.04. The van der Waals surface area contributed by atoms with Crippen LogP contribution in [0, 0.1) is 11.3 Å². The van der Waals surface area contributed by atoms with Gasteiger partial charge in [-0.3, -0.25) is 14.5 Å². The molecule has 3 fully saturated rings. The van der Waals surface area contributed by atoms with E-state index in [-0.39, 0.29) is 42.1 Å². The van der Waals surface area contributed by atoms with Crippen molar-refractivity contribution in [2.24, 2.45) is 11.3 Å². The summed E-state index contributed by atoms with van der Waals surface area (Å²) in [7, 11) is -3.06. The molecule has 0 radical (unpaired) electrons. The molecule has 0 aromatic carbocycles. The van der Waals surface area contributed by atoms with Crippen LogP contribution in [0.3, 0.4) is 0 Å². The van der Waals surface area contributed by atoms with Crippen molar-refractivity contribution >= 4 is 21.7 Å². The van der Waals surface area contributed by atoms with Gasteiger partial charge in [-0.05, 0) is 49.9 Å². The molecule has 3 saturated carbocycles. The summed E-state index contributed by atoms with van der Waals surface area (Å²) < 4.78 is 22.9. The molecule has 25 heavy (non-hydrogen) atoms. The molecule has 0 spiro atoms. The normalized spacial score (nSPS) is 27.6. The molecule has 3 rings (SSSR count). The first-order valence-electron chi connectivity index (χ1n) is 9.07. The quantitative estimate of drug-likeness (QED) is 0.583. The molecule has 0 bridgehead atoms. The van der Waals surface area contributed by atoms with E-state index in [1.807, 2.05) is 4.90 Å². The fourth-order valence-electron chi connectivity index (χ4n) is 3.88. The number of hydrogen-bond acceptors (Lipinski definition) is 5. The van der Waals surface area contributed by atoms with Crippen molar-refractivity contribution in [2.45, 2.75) is 57.0 Å². The first-order chi connectivity index (χ1) is 11.6. The van der Waals surface area contributed by atoms with Crippen LogP contribution in [-0.2, 0) is 19.4 Å². The van der Waals surface area contributed by atoms with Gasteiger partial charge in [-0.2, -0.15) is 0 Å². The molecular weight excluding hydrogens is 344 g/mol. The number of carboxylic acid groups (broad SMARTS) is 1. The summed E-state index contributed by atoms with van der Waals surface area (Å²) in [6, 6.07) is 0.315. The first-order valence-corrected chi connectivity index (χ1v) is 11.1. The number of carbonyl (C=O) groups excluding carboxylic acids is 1. The number of hydrogen-bond donors (Lipinski definition) is 2. The maximum Gasteiger partial charge on any atom is 0.317 e. The molecule has 0 aromatic rings. The third kappa shape index (κ3) is 5.67. The van der Waals surface area contributed by atoms with E-state index >= 15 is 0 Å². The van der Waals surface area contributed by atoms with Gasteiger partial charge in [0.15, 0.2) is 0 Å². The molecular formula is C17H28N2O5S. The van der Waals surface area contributed by atoms with Gasteiger partial charge >= 0.3 is 5.97 Å². The van der Waals surface area contributed by atoms with E-state index in [1.54, 1.807) is 0 Å². The van der Waals surface area contributed by atoms with Crippen LogP contribution < -0.4 is 5.32 Å². The average molecular weight is 372 g/mol. The Kier molecular flexibility index (Phi) is 5.12. The largest absolute Gasteiger partial charge is 0.480 e. The van der Waals surface area contributed by atoms with Crippen molar-refractivity contribution in [3.05, 3.63) is 0 Å². The molecule has 3 aliphatic rings. The van der Waals surface area contributed by atoms with E-state index in [1.165, 1.54) is 19.1 Å². The maximum atomic E-state index is 12.2. The summed E-state index contributed by atoms with van der Waals surface area (Å²) in [5, 5.41) is 12.1. The number of amides is 1. The van der Waals surface area contributed by atoms with Gasteiger partial charge in [0, 0.05) is 31.3 Å². The monoisotopic (exact) mass is 372 g/mol. The Bertz CT molecular complexity index is 633. The third-order valence-corrected chi connectivity index (χ3v) is 6.72. The zero-order valence-electron chi connectivity index (χ0n) is 14.7. The topological polar surface area (TPSA) is 104 Å². The first kappa shape index (κ1) is 18.6. The van der Waals surface area contributed by atoms with E-state index in [0.29, 0.717) is 5.92 Å². The minimum Gasteiger partial charge on any atom is -0.480 e. The second kappa shape index (κ2) is 6.87. The third-order valence-electron chi connectivity index (χ3n) is 5.58. The second-order valence-electron chi connectivity index (χ2n) is 8.40. The van der Waals surface area contributed by atoms with Crippen LogP contribution in [0.4, 0.5) is 0 Å². The lowest BCUT2D eigenvalue weighted by Gasteiger charge is -2.42. The number of aliphatic carboxylic acids is 1. The minimum absolute atomic E-state index is 0.0688. The number of sulfone groups is 1. The van der Waals surface area contributed by atoms with Gasteiger partial charge in [0.25, 0.3) is 0 Å². The summed E-state index contributed by atoms with van der Waals surface area (Å²) in [6.45, 7) is 0.911. The SMILES string of the molecule is CS(=O)(=O)CC1(CC(=O)NC2CC(N(CC(=O)O)CC3CC3)C2)CC1. The van der Waals surface area contributed by atoms with Gasteiger partial charge in [-0.1, -0.05) is 0 Å². The van der Waals surface area contributed by atoms with E-state index in [9.17, 15) is 18.0 Å². The van der Waals surface area contributed by atoms with E-state index in [4.69, 9.17) is 5.11 Å². The zero-order chi connectivity index (χ0) is 18.2. The summed E-state index contributed by atoms with van der Waals surface area (Å²) in [5.74, 6) is -0.144. The molecule has 1 amide bonds. The maximum absolute atomic E-state index is 12.2. The van der Waals surface area contributed by atoms with Crippen molar-refractivity contribution < 1.29 is 23.1 Å². The fourth-order valence-corrected chi connectivity index (χ4v) is 5.38. The summed E-state index contributed by atoms with van der Waals surface area (Å²) in [4.78, 5) is 25.3. The second-order valence-corrected chi connectivity index (χ2v) is 10.5. The molecule has 2 N–H and O–H groups in total. The lowest BCUT2D eigenvalue weighted by atomic mass is 9.85. The van der Waals surface area contributed by atoms with Gasteiger partial charge in [-0.25, -0.2) is 8.42 Å². The number of carboxylic acids is 1. The number of carbonyl (C=O) groups is 2. The molecule has 0 aromatic heterocycles. The number of nitrogens with one attached hydrogen (secondary N) is 1. The number of nitrogens with zero attached hydrogens (tertiary/aromatic N) is 1. The van der Waals surface area contributed by atoms with E-state index in [0.717, 1.165) is 32.2 Å². The Morgan fingerprint density at radius 1 is 1.24 bits per heavy atom. The average Bonchev–Trinajstić information content (AvgIpc) is 3.29. The Hall–Kier alpha value is -1.15. The molecule has 0 unspecified atom stereocenters. The highest BCUT2D eigenvalue weighted by Crippen LogP contribution is 2.49. The molecule has 0 heterocycles. The lowest BCUT2D eigenvalue weighted by Crippen LogP contribution is -2.55. The van der Waals surface area contributed by atoms with Crippen molar-refractivity contribution in [3.63, 3.8) is 0 Å². The molecule has 0 aliphatic heterocycles. The Labute approximate surface area is 149 Å². The standard InChI is InChI=1S/C17H28N2O5S/c1-25(23,24)11-17(4-5-17)8-15(20)18-13-6-14(7-13)19(10-16(21)22)9-12-2-3-12/h12-14H,2-11H2,1H3,(H,18,20)(H,21,22). The van der Waals surface area contributed by atoms with Crippen LogP contribution >= 0.6 is 0 Å². The predicted octanol–water partition coefficient (Wildman–Crippen LogP) is 0.645. The highest BCUT2D eigenvalue weighted by Gasteiger charge is 2.47. The Morgan fingerprint density at radius 2 is 1.88 bits per heavy atom. The Balaban J connectivity index is 1.41. The van der Waals surface area contributed by atoms with Crippen LogP contribution in [0.5, 0.6) is 0 Å². The highest BCUT2D eigenvalue weighted by molar-refractivity contribution is 7.90. The fraction of sp³-hybridized carbons (Fsp3) is 0.882. The lowest BCUT2D eigenvalue weighted by molar-refractivity contribution is -0.140. The van der Waals surface area contributed by atoms with Gasteiger partial charge in [0.05, 0.1) is 12.3 Å². The van der Waals surface area contributed by atoms with E-state index < -0.39 is 15.8 Å². The molecule has 7 nitrogen and oxygen atoms in total. The van der Waals surface area contributed by atoms with Gasteiger partial charge < -0.3 is 10.4 Å². The van der Waals surface area contributed by atoms with Gasteiger partial charge in [-0.15, -0.1) is 0 Å². The van der Waals surface area contributed by atoms with Crippen molar-refractivity contribution in [1.82, 2.24) is 10.2 Å². The predicted molar refractivity (Wildman–Crippen MR) is 92.9 cm³/mol. The van der Waals surface area contributed by atoms with Gasteiger partial charge in [0.2, 0.25) is 5.91 Å². The molecule has 3 aliphatic carbocycles.